The van der Waals surface area contributed by atoms with Crippen LogP contribution in [0.4, 0.5) is 5.69 Å². The van der Waals surface area contributed by atoms with Crippen molar-refractivity contribution in [1.82, 2.24) is 10.3 Å². The Hall–Kier alpha value is -2.91. The molecular formula is C19H19N3O4S2. The molecule has 0 radical (unpaired) electrons. The first-order valence-corrected chi connectivity index (χ1v) is 10.9. The quantitative estimate of drug-likeness (QED) is 0.586. The summed E-state index contributed by atoms with van der Waals surface area (Å²) < 4.78 is 32.8. The summed E-state index contributed by atoms with van der Waals surface area (Å²) in [7, 11) is -3.67. The third kappa shape index (κ3) is 4.87. The van der Waals surface area contributed by atoms with Crippen molar-refractivity contribution < 1.29 is 17.9 Å². The maximum atomic E-state index is 12.5. The smallest absolute Gasteiger partial charge is 0.271 e. The Morgan fingerprint density at radius 2 is 2.04 bits per heavy atom. The van der Waals surface area contributed by atoms with E-state index in [-0.39, 0.29) is 16.7 Å². The minimum atomic E-state index is -3.67. The van der Waals surface area contributed by atoms with Crippen LogP contribution in [0, 0.1) is 0 Å². The van der Waals surface area contributed by atoms with Gasteiger partial charge in [-0.25, -0.2) is 13.4 Å². The molecule has 0 bridgehead atoms. The highest BCUT2D eigenvalue weighted by Crippen LogP contribution is 2.21. The van der Waals surface area contributed by atoms with Gasteiger partial charge in [-0.1, -0.05) is 18.2 Å². The van der Waals surface area contributed by atoms with Crippen molar-refractivity contribution in [2.75, 3.05) is 11.3 Å². The summed E-state index contributed by atoms with van der Waals surface area (Å²) in [5.41, 5.74) is 1.41. The van der Waals surface area contributed by atoms with E-state index in [1.807, 2.05) is 13.0 Å². The van der Waals surface area contributed by atoms with Crippen molar-refractivity contribution in [3.05, 3.63) is 71.2 Å². The number of carbonyl (C=O) groups is 1. The molecule has 2 N–H and O–H groups in total. The minimum absolute atomic E-state index is 0.211. The number of pyridine rings is 1. The lowest BCUT2D eigenvalue weighted by Crippen LogP contribution is -2.23. The lowest BCUT2D eigenvalue weighted by Gasteiger charge is -2.11. The fourth-order valence-corrected chi connectivity index (χ4v) is 4.49. The minimum Gasteiger partial charge on any atom is -0.478 e. The number of aromatic nitrogens is 1. The van der Waals surface area contributed by atoms with Crippen molar-refractivity contribution in [3.63, 3.8) is 0 Å². The number of sulfonamides is 1. The fourth-order valence-electron chi connectivity index (χ4n) is 2.45. The standard InChI is InChI=1S/C19H19N3O4S2/c1-2-26-19-15(7-4-10-20-19)13-21-18(23)14-6-3-8-16(12-14)22-28(24,25)17-9-5-11-27-17/h3-12,22H,2,13H2,1H3,(H,21,23). The summed E-state index contributed by atoms with van der Waals surface area (Å²) in [4.78, 5) is 16.6. The number of benzene rings is 1. The molecule has 0 aliphatic heterocycles. The van der Waals surface area contributed by atoms with Gasteiger partial charge in [0.15, 0.2) is 0 Å². The van der Waals surface area contributed by atoms with Crippen molar-refractivity contribution in [2.24, 2.45) is 0 Å². The van der Waals surface area contributed by atoms with Gasteiger partial charge in [-0.15, -0.1) is 11.3 Å². The zero-order valence-electron chi connectivity index (χ0n) is 15.1. The van der Waals surface area contributed by atoms with Crippen LogP contribution in [0.2, 0.25) is 0 Å². The summed E-state index contributed by atoms with van der Waals surface area (Å²) in [6.07, 6.45) is 1.62. The highest BCUT2D eigenvalue weighted by molar-refractivity contribution is 7.94. The van der Waals surface area contributed by atoms with Crippen LogP contribution in [-0.4, -0.2) is 25.9 Å². The van der Waals surface area contributed by atoms with E-state index in [9.17, 15) is 13.2 Å². The summed E-state index contributed by atoms with van der Waals surface area (Å²) in [5.74, 6) is 0.145. The SMILES string of the molecule is CCOc1ncccc1CNC(=O)c1cccc(NS(=O)(=O)c2cccs2)c1. The van der Waals surface area contributed by atoms with E-state index in [0.717, 1.165) is 16.9 Å². The van der Waals surface area contributed by atoms with Crippen LogP contribution in [-0.2, 0) is 16.6 Å². The van der Waals surface area contributed by atoms with Crippen molar-refractivity contribution >= 4 is 33.0 Å². The summed E-state index contributed by atoms with van der Waals surface area (Å²) >= 11 is 1.12. The van der Waals surface area contributed by atoms with Gasteiger partial charge in [-0.2, -0.15) is 0 Å². The highest BCUT2D eigenvalue weighted by atomic mass is 32.2. The van der Waals surface area contributed by atoms with Gasteiger partial charge in [-0.05, 0) is 42.6 Å². The molecule has 0 unspecified atom stereocenters. The molecule has 3 rings (SSSR count). The third-order valence-corrected chi connectivity index (χ3v) is 6.49. The zero-order chi connectivity index (χ0) is 20.0. The van der Waals surface area contributed by atoms with Gasteiger partial charge < -0.3 is 10.1 Å². The van der Waals surface area contributed by atoms with Crippen LogP contribution in [0.5, 0.6) is 5.88 Å². The molecule has 28 heavy (non-hydrogen) atoms. The molecule has 146 valence electrons. The van der Waals surface area contributed by atoms with E-state index in [1.165, 1.54) is 12.1 Å². The van der Waals surface area contributed by atoms with Crippen LogP contribution in [0.15, 0.2) is 64.3 Å². The first kappa shape index (κ1) is 19.8. The summed E-state index contributed by atoms with van der Waals surface area (Å²) in [5, 5.41) is 4.49. The molecular weight excluding hydrogens is 398 g/mol. The van der Waals surface area contributed by atoms with Crippen molar-refractivity contribution in [2.45, 2.75) is 17.7 Å². The number of nitrogens with one attached hydrogen (secondary N) is 2. The van der Waals surface area contributed by atoms with Crippen LogP contribution in [0.1, 0.15) is 22.8 Å². The molecule has 2 aromatic heterocycles. The predicted octanol–water partition coefficient (Wildman–Crippen LogP) is 3.27. The van der Waals surface area contributed by atoms with Gasteiger partial charge >= 0.3 is 0 Å². The Labute approximate surface area is 167 Å². The number of thiophene rings is 1. The number of nitrogens with zero attached hydrogens (tertiary/aromatic N) is 1. The number of rotatable bonds is 8. The summed E-state index contributed by atoms with van der Waals surface area (Å²) in [6.45, 7) is 2.58. The van der Waals surface area contributed by atoms with E-state index in [1.54, 1.807) is 41.9 Å². The van der Waals surface area contributed by atoms with Crippen LogP contribution < -0.4 is 14.8 Å². The average molecular weight is 418 g/mol. The molecule has 3 aromatic rings. The number of amides is 1. The highest BCUT2D eigenvalue weighted by Gasteiger charge is 2.16. The second kappa shape index (κ2) is 8.85. The van der Waals surface area contributed by atoms with Crippen LogP contribution in [0.25, 0.3) is 0 Å². The van der Waals surface area contributed by atoms with Crippen molar-refractivity contribution in [1.29, 1.82) is 0 Å². The number of hydrogen-bond acceptors (Lipinski definition) is 6. The van der Waals surface area contributed by atoms with Crippen molar-refractivity contribution in [3.8, 4) is 5.88 Å². The van der Waals surface area contributed by atoms with Gasteiger partial charge in [0.1, 0.15) is 4.21 Å². The molecule has 0 aliphatic carbocycles. The monoisotopic (exact) mass is 417 g/mol. The molecule has 1 aromatic carbocycles. The van der Waals surface area contributed by atoms with E-state index in [4.69, 9.17) is 4.74 Å². The Morgan fingerprint density at radius 3 is 2.79 bits per heavy atom. The van der Waals surface area contributed by atoms with Crippen LogP contribution in [0.3, 0.4) is 0 Å². The lowest BCUT2D eigenvalue weighted by atomic mass is 10.2. The van der Waals surface area contributed by atoms with Gasteiger partial charge in [-0.3, -0.25) is 9.52 Å². The van der Waals surface area contributed by atoms with E-state index in [0.29, 0.717) is 23.7 Å². The average Bonchev–Trinajstić information content (AvgIpc) is 3.23. The second-order valence-corrected chi connectivity index (χ2v) is 8.56. The number of carbonyl (C=O) groups excluding carboxylic acids is 1. The number of anilines is 1. The van der Waals surface area contributed by atoms with Gasteiger partial charge in [0.25, 0.3) is 15.9 Å². The molecule has 0 atom stereocenters. The molecule has 1 amide bonds. The molecule has 2 heterocycles. The Balaban J connectivity index is 1.69. The largest absolute Gasteiger partial charge is 0.478 e. The van der Waals surface area contributed by atoms with E-state index >= 15 is 0 Å². The third-order valence-electron chi connectivity index (χ3n) is 3.71. The van der Waals surface area contributed by atoms with Crippen LogP contribution >= 0.6 is 11.3 Å². The maximum absolute atomic E-state index is 12.5. The van der Waals surface area contributed by atoms with Gasteiger partial charge in [0.2, 0.25) is 5.88 Å². The molecule has 0 saturated carbocycles. The topological polar surface area (TPSA) is 97.4 Å². The molecule has 0 aliphatic rings. The zero-order valence-corrected chi connectivity index (χ0v) is 16.7. The van der Waals surface area contributed by atoms with Gasteiger partial charge in [0, 0.05) is 29.6 Å². The first-order valence-electron chi connectivity index (χ1n) is 8.51. The summed E-state index contributed by atoms with van der Waals surface area (Å²) in [6, 6.07) is 13.1. The number of ether oxygens (including phenoxy) is 1. The van der Waals surface area contributed by atoms with E-state index < -0.39 is 10.0 Å². The molecule has 0 spiro atoms. The maximum Gasteiger partial charge on any atom is 0.271 e. The first-order chi connectivity index (χ1) is 13.5. The van der Waals surface area contributed by atoms with Gasteiger partial charge in [0.05, 0.1) is 6.61 Å². The Bertz CT molecular complexity index is 1050. The predicted molar refractivity (Wildman–Crippen MR) is 108 cm³/mol. The molecule has 0 fully saturated rings. The fraction of sp³-hybridized carbons (Fsp3) is 0.158. The molecule has 0 saturated heterocycles. The number of hydrogen-bond donors (Lipinski definition) is 2. The molecule has 7 nitrogen and oxygen atoms in total. The normalized spacial score (nSPS) is 11.0. The Kier molecular flexibility index (Phi) is 6.27. The lowest BCUT2D eigenvalue weighted by molar-refractivity contribution is 0.0950. The Morgan fingerprint density at radius 1 is 1.18 bits per heavy atom. The van der Waals surface area contributed by atoms with E-state index in [2.05, 4.69) is 15.0 Å². The second-order valence-electron chi connectivity index (χ2n) is 5.70. The molecule has 9 heteroatoms.